The van der Waals surface area contributed by atoms with E-state index in [9.17, 15) is 27.2 Å². The maximum absolute atomic E-state index is 14.4. The molecule has 4 aromatic rings. The van der Waals surface area contributed by atoms with E-state index in [1.807, 2.05) is 0 Å². The standard InChI is InChI=1S/C25H17ClF4N6O3S/c1-11-5-12(13-6-19(26)33-8-17(13)39-2)14(7-32-11)22(37)35-24-34-16-9-36(10-18(16)40-24)23(38)21-20(27)15(3-4-31-21)25(28,29)30/h3-8H,9-10H2,1-2H3,(H,34,35,37). The van der Waals surface area contributed by atoms with Gasteiger partial charge < -0.3 is 9.64 Å². The first-order chi connectivity index (χ1) is 19.0. The number of anilines is 1. The fourth-order valence-electron chi connectivity index (χ4n) is 4.12. The molecule has 15 heteroatoms. The number of pyridine rings is 3. The summed E-state index contributed by atoms with van der Waals surface area (Å²) < 4.78 is 59.0. The number of aryl methyl sites for hydroxylation is 1. The van der Waals surface area contributed by atoms with Crippen molar-refractivity contribution in [3.05, 3.63) is 80.8 Å². The van der Waals surface area contributed by atoms with Crippen LogP contribution in [0.5, 0.6) is 5.75 Å². The van der Waals surface area contributed by atoms with Crippen molar-refractivity contribution in [1.82, 2.24) is 24.8 Å². The van der Waals surface area contributed by atoms with Crippen molar-refractivity contribution in [2.75, 3.05) is 12.4 Å². The SMILES string of the molecule is COc1cnc(Cl)cc1-c1cc(C)ncc1C(=O)Nc1nc2c(s1)CN(C(=O)c1nccc(C(F)(F)F)c1F)C2. The number of alkyl halides is 3. The van der Waals surface area contributed by atoms with Crippen LogP contribution in [0.25, 0.3) is 11.1 Å². The van der Waals surface area contributed by atoms with Gasteiger partial charge in [0.1, 0.15) is 10.9 Å². The van der Waals surface area contributed by atoms with Crippen molar-refractivity contribution < 1.29 is 31.9 Å². The number of thiazole rings is 1. The fraction of sp³-hybridized carbons (Fsp3) is 0.200. The van der Waals surface area contributed by atoms with Gasteiger partial charge >= 0.3 is 6.18 Å². The van der Waals surface area contributed by atoms with Crippen LogP contribution >= 0.6 is 22.9 Å². The Hall–Kier alpha value is -4.17. The molecule has 2 amide bonds. The van der Waals surface area contributed by atoms with E-state index in [1.165, 1.54) is 19.5 Å². The molecule has 0 saturated carbocycles. The number of nitrogens with zero attached hydrogens (tertiary/aromatic N) is 5. The number of rotatable bonds is 5. The van der Waals surface area contributed by atoms with E-state index >= 15 is 0 Å². The molecule has 0 radical (unpaired) electrons. The zero-order valence-corrected chi connectivity index (χ0v) is 22.2. The molecule has 40 heavy (non-hydrogen) atoms. The van der Waals surface area contributed by atoms with Crippen LogP contribution in [0.2, 0.25) is 5.15 Å². The topological polar surface area (TPSA) is 110 Å². The van der Waals surface area contributed by atoms with Crippen LogP contribution in [0.15, 0.2) is 36.8 Å². The minimum Gasteiger partial charge on any atom is -0.494 e. The summed E-state index contributed by atoms with van der Waals surface area (Å²) in [6.45, 7) is 1.63. The largest absolute Gasteiger partial charge is 0.494 e. The number of hydrogen-bond donors (Lipinski definition) is 1. The van der Waals surface area contributed by atoms with Crippen LogP contribution in [0.1, 0.15) is 42.7 Å². The van der Waals surface area contributed by atoms with Crippen molar-refractivity contribution in [2.24, 2.45) is 0 Å². The highest BCUT2D eigenvalue weighted by atomic mass is 35.5. The molecular formula is C25H17ClF4N6O3S. The highest BCUT2D eigenvalue weighted by molar-refractivity contribution is 7.16. The summed E-state index contributed by atoms with van der Waals surface area (Å²) >= 11 is 7.16. The second-order valence-electron chi connectivity index (χ2n) is 8.60. The van der Waals surface area contributed by atoms with E-state index in [2.05, 4.69) is 25.3 Å². The summed E-state index contributed by atoms with van der Waals surface area (Å²) in [6, 6.07) is 3.74. The van der Waals surface area contributed by atoms with Gasteiger partial charge in [0.25, 0.3) is 11.8 Å². The molecule has 0 saturated heterocycles. The lowest BCUT2D eigenvalue weighted by atomic mass is 10.0. The predicted octanol–water partition coefficient (Wildman–Crippen LogP) is 5.53. The number of ether oxygens (including phenoxy) is 1. The molecule has 0 aliphatic carbocycles. The molecule has 9 nitrogen and oxygen atoms in total. The summed E-state index contributed by atoms with van der Waals surface area (Å²) in [5, 5.41) is 3.15. The second-order valence-corrected chi connectivity index (χ2v) is 10.1. The van der Waals surface area contributed by atoms with Crippen LogP contribution < -0.4 is 10.1 Å². The molecule has 1 aliphatic heterocycles. The van der Waals surface area contributed by atoms with Crippen LogP contribution in [0.3, 0.4) is 0 Å². The Morgan fingerprint density at radius 3 is 2.60 bits per heavy atom. The Balaban J connectivity index is 1.35. The summed E-state index contributed by atoms with van der Waals surface area (Å²) in [7, 11) is 1.46. The van der Waals surface area contributed by atoms with Gasteiger partial charge in [-0.2, -0.15) is 13.2 Å². The quantitative estimate of drug-likeness (QED) is 0.240. The minimum absolute atomic E-state index is 0.0386. The summed E-state index contributed by atoms with van der Waals surface area (Å²) in [5.74, 6) is -2.85. The number of amides is 2. The van der Waals surface area contributed by atoms with Crippen LogP contribution in [-0.4, -0.2) is 43.8 Å². The van der Waals surface area contributed by atoms with Gasteiger partial charge in [-0.25, -0.2) is 19.3 Å². The molecule has 0 atom stereocenters. The van der Waals surface area contributed by atoms with Gasteiger partial charge in [0.15, 0.2) is 16.6 Å². The van der Waals surface area contributed by atoms with Gasteiger partial charge in [0.05, 0.1) is 48.1 Å². The molecule has 206 valence electrons. The zero-order valence-electron chi connectivity index (χ0n) is 20.6. The molecule has 0 bridgehead atoms. The van der Waals surface area contributed by atoms with E-state index in [0.29, 0.717) is 39.2 Å². The molecule has 0 unspecified atom stereocenters. The van der Waals surface area contributed by atoms with Crippen molar-refractivity contribution >= 4 is 39.9 Å². The van der Waals surface area contributed by atoms with Crippen molar-refractivity contribution in [1.29, 1.82) is 0 Å². The number of fused-ring (bicyclic) bond motifs is 1. The zero-order chi connectivity index (χ0) is 28.8. The van der Waals surface area contributed by atoms with E-state index in [4.69, 9.17) is 16.3 Å². The highest BCUT2D eigenvalue weighted by Gasteiger charge is 2.38. The van der Waals surface area contributed by atoms with Gasteiger partial charge in [-0.15, -0.1) is 0 Å². The van der Waals surface area contributed by atoms with Gasteiger partial charge in [-0.1, -0.05) is 22.9 Å². The number of halogens is 5. The van der Waals surface area contributed by atoms with Crippen molar-refractivity contribution in [3.63, 3.8) is 0 Å². The Bertz CT molecular complexity index is 1640. The number of aromatic nitrogens is 4. The number of carbonyl (C=O) groups excluding carboxylic acids is 2. The first-order valence-corrected chi connectivity index (χ1v) is 12.6. The van der Waals surface area contributed by atoms with E-state index < -0.39 is 35.1 Å². The molecule has 1 aliphatic rings. The monoisotopic (exact) mass is 592 g/mol. The van der Waals surface area contributed by atoms with Gasteiger partial charge in [0, 0.05) is 29.2 Å². The Morgan fingerprint density at radius 2 is 1.90 bits per heavy atom. The Labute approximate surface area is 232 Å². The second kappa shape index (κ2) is 10.4. The van der Waals surface area contributed by atoms with Gasteiger partial charge in [-0.05, 0) is 25.1 Å². The first-order valence-electron chi connectivity index (χ1n) is 11.4. The number of hydrogen-bond acceptors (Lipinski definition) is 8. The number of nitrogens with one attached hydrogen (secondary N) is 1. The lowest BCUT2D eigenvalue weighted by Crippen LogP contribution is -2.28. The normalized spacial score (nSPS) is 12.8. The third-order valence-corrected chi connectivity index (χ3v) is 7.19. The van der Waals surface area contributed by atoms with Crippen LogP contribution in [0, 0.1) is 12.7 Å². The Kier molecular flexibility index (Phi) is 7.14. The molecule has 5 rings (SSSR count). The molecule has 0 aromatic carbocycles. The first kappa shape index (κ1) is 27.4. The number of methoxy groups -OCH3 is 1. The van der Waals surface area contributed by atoms with Crippen LogP contribution in [-0.2, 0) is 19.3 Å². The van der Waals surface area contributed by atoms with E-state index in [-0.39, 0.29) is 28.9 Å². The number of carbonyl (C=O) groups is 2. The highest BCUT2D eigenvalue weighted by Crippen LogP contribution is 2.36. The average molecular weight is 593 g/mol. The predicted molar refractivity (Wildman–Crippen MR) is 137 cm³/mol. The maximum Gasteiger partial charge on any atom is 0.419 e. The fourth-order valence-corrected chi connectivity index (χ4v) is 5.26. The molecule has 4 aromatic heterocycles. The summed E-state index contributed by atoms with van der Waals surface area (Å²) in [4.78, 5) is 43.8. The molecule has 0 spiro atoms. The third kappa shape index (κ3) is 5.19. The van der Waals surface area contributed by atoms with E-state index in [1.54, 1.807) is 19.1 Å². The molecular weight excluding hydrogens is 576 g/mol. The van der Waals surface area contributed by atoms with Crippen LogP contribution in [0.4, 0.5) is 22.7 Å². The molecule has 5 heterocycles. The molecule has 0 fully saturated rings. The lowest BCUT2D eigenvalue weighted by Gasteiger charge is -2.16. The van der Waals surface area contributed by atoms with Crippen molar-refractivity contribution in [2.45, 2.75) is 26.2 Å². The summed E-state index contributed by atoms with van der Waals surface area (Å²) in [6.07, 6.45) is -1.39. The van der Waals surface area contributed by atoms with E-state index in [0.717, 1.165) is 22.4 Å². The smallest absolute Gasteiger partial charge is 0.419 e. The Morgan fingerprint density at radius 1 is 1.12 bits per heavy atom. The summed E-state index contributed by atoms with van der Waals surface area (Å²) in [5.41, 5.74) is -0.183. The average Bonchev–Trinajstić information content (AvgIpc) is 3.46. The van der Waals surface area contributed by atoms with Gasteiger partial charge in [-0.3, -0.25) is 19.9 Å². The van der Waals surface area contributed by atoms with Crippen molar-refractivity contribution in [3.8, 4) is 16.9 Å². The lowest BCUT2D eigenvalue weighted by molar-refractivity contribution is -0.140. The third-order valence-electron chi connectivity index (χ3n) is 5.99. The molecule has 1 N–H and O–H groups in total. The minimum atomic E-state index is -4.97. The maximum atomic E-state index is 14.4. The van der Waals surface area contributed by atoms with Gasteiger partial charge in [0.2, 0.25) is 0 Å².